The van der Waals surface area contributed by atoms with Crippen molar-refractivity contribution in [2.45, 2.75) is 0 Å². The second kappa shape index (κ2) is 5.35. The van der Waals surface area contributed by atoms with Gasteiger partial charge >= 0.3 is 0 Å². The van der Waals surface area contributed by atoms with Gasteiger partial charge in [0.05, 0.1) is 11.1 Å². The van der Waals surface area contributed by atoms with Crippen molar-refractivity contribution >= 4 is 17.9 Å². The number of aldehydes is 1. The van der Waals surface area contributed by atoms with E-state index in [4.69, 9.17) is 21.6 Å². The summed E-state index contributed by atoms with van der Waals surface area (Å²) in [6.45, 7) is 0. The number of rotatable bonds is 3. The molecule has 0 aromatic heterocycles. The van der Waals surface area contributed by atoms with E-state index in [1.165, 1.54) is 6.07 Å². The Kier molecular flexibility index (Phi) is 3.61. The van der Waals surface area contributed by atoms with Gasteiger partial charge in [0.15, 0.2) is 6.29 Å². The van der Waals surface area contributed by atoms with Crippen LogP contribution in [0.5, 0.6) is 11.5 Å². The van der Waals surface area contributed by atoms with Gasteiger partial charge in [0.25, 0.3) is 0 Å². The summed E-state index contributed by atoms with van der Waals surface area (Å²) in [6, 6.07) is 13.6. The van der Waals surface area contributed by atoms with E-state index in [2.05, 4.69) is 0 Å². The third-order valence-corrected chi connectivity index (χ3v) is 2.56. The summed E-state index contributed by atoms with van der Waals surface area (Å²) in [7, 11) is 0. The molecule has 0 aliphatic heterocycles. The SMILES string of the molecule is N#Cc1ccccc1Oc1ccc(Cl)cc1C=O. The number of hydrogen-bond acceptors (Lipinski definition) is 3. The Morgan fingerprint density at radius 1 is 1.17 bits per heavy atom. The quantitative estimate of drug-likeness (QED) is 0.786. The largest absolute Gasteiger partial charge is 0.455 e. The minimum absolute atomic E-state index is 0.343. The zero-order chi connectivity index (χ0) is 13.0. The van der Waals surface area contributed by atoms with E-state index in [0.717, 1.165) is 0 Å². The van der Waals surface area contributed by atoms with Gasteiger partial charge in [-0.2, -0.15) is 5.26 Å². The minimum atomic E-state index is 0.343. The molecule has 0 spiro atoms. The number of ether oxygens (including phenoxy) is 1. The Hall–Kier alpha value is -2.31. The Morgan fingerprint density at radius 3 is 2.67 bits per heavy atom. The molecule has 0 N–H and O–H groups in total. The van der Waals surface area contributed by atoms with Gasteiger partial charge in [-0.1, -0.05) is 23.7 Å². The predicted octanol–water partition coefficient (Wildman–Crippen LogP) is 3.82. The molecule has 0 saturated heterocycles. The van der Waals surface area contributed by atoms with E-state index in [0.29, 0.717) is 33.9 Å². The van der Waals surface area contributed by atoms with E-state index in [1.807, 2.05) is 6.07 Å². The lowest BCUT2D eigenvalue weighted by Gasteiger charge is -2.09. The van der Waals surface area contributed by atoms with Crippen LogP contribution in [-0.4, -0.2) is 6.29 Å². The number of nitriles is 1. The molecule has 0 fully saturated rings. The van der Waals surface area contributed by atoms with Crippen molar-refractivity contribution < 1.29 is 9.53 Å². The summed E-state index contributed by atoms with van der Waals surface area (Å²) in [4.78, 5) is 10.9. The summed E-state index contributed by atoms with van der Waals surface area (Å²) in [5.41, 5.74) is 0.750. The Bertz CT molecular complexity index is 632. The Labute approximate surface area is 109 Å². The lowest BCUT2D eigenvalue weighted by atomic mass is 10.2. The van der Waals surface area contributed by atoms with Crippen molar-refractivity contribution in [2.24, 2.45) is 0 Å². The molecule has 88 valence electrons. The van der Waals surface area contributed by atoms with Crippen LogP contribution in [0.2, 0.25) is 5.02 Å². The molecular weight excluding hydrogens is 250 g/mol. The fraction of sp³-hybridized carbons (Fsp3) is 0. The molecule has 2 rings (SSSR count). The number of carbonyl (C=O) groups excluding carboxylic acids is 1. The number of benzene rings is 2. The van der Waals surface area contributed by atoms with Crippen LogP contribution >= 0.6 is 11.6 Å². The van der Waals surface area contributed by atoms with Gasteiger partial charge < -0.3 is 4.74 Å². The predicted molar refractivity (Wildman–Crippen MR) is 68.1 cm³/mol. The molecule has 4 heteroatoms. The van der Waals surface area contributed by atoms with Gasteiger partial charge in [-0.3, -0.25) is 4.79 Å². The van der Waals surface area contributed by atoms with Crippen molar-refractivity contribution in [3.63, 3.8) is 0 Å². The highest BCUT2D eigenvalue weighted by atomic mass is 35.5. The highest BCUT2D eigenvalue weighted by Crippen LogP contribution is 2.28. The number of para-hydroxylation sites is 1. The summed E-state index contributed by atoms with van der Waals surface area (Å²) in [5.74, 6) is 0.780. The average Bonchev–Trinajstić information content (AvgIpc) is 2.41. The zero-order valence-corrected chi connectivity index (χ0v) is 10.0. The molecule has 0 heterocycles. The fourth-order valence-corrected chi connectivity index (χ4v) is 1.65. The molecule has 2 aromatic carbocycles. The Balaban J connectivity index is 2.40. The van der Waals surface area contributed by atoms with E-state index in [-0.39, 0.29) is 0 Å². The molecule has 0 saturated carbocycles. The van der Waals surface area contributed by atoms with Crippen molar-refractivity contribution in [3.05, 3.63) is 58.6 Å². The van der Waals surface area contributed by atoms with E-state index in [9.17, 15) is 4.79 Å². The van der Waals surface area contributed by atoms with Gasteiger partial charge in [-0.25, -0.2) is 0 Å². The normalized spacial score (nSPS) is 9.56. The number of carbonyl (C=O) groups is 1. The number of nitrogens with zero attached hydrogens (tertiary/aromatic N) is 1. The molecule has 2 aromatic rings. The zero-order valence-electron chi connectivity index (χ0n) is 9.26. The third-order valence-electron chi connectivity index (χ3n) is 2.33. The molecule has 18 heavy (non-hydrogen) atoms. The number of halogens is 1. The summed E-state index contributed by atoms with van der Waals surface area (Å²) < 4.78 is 5.57. The minimum Gasteiger partial charge on any atom is -0.455 e. The van der Waals surface area contributed by atoms with Crippen LogP contribution in [0.25, 0.3) is 0 Å². The maximum atomic E-state index is 10.9. The second-order valence-corrected chi connectivity index (χ2v) is 3.95. The summed E-state index contributed by atoms with van der Waals surface area (Å²) in [6.07, 6.45) is 0.663. The van der Waals surface area contributed by atoms with Gasteiger partial charge in [0, 0.05) is 5.02 Å². The topological polar surface area (TPSA) is 50.1 Å². The standard InChI is InChI=1S/C14H8ClNO2/c15-12-5-6-14(11(7-12)9-17)18-13-4-2-1-3-10(13)8-16/h1-7,9H. The highest BCUT2D eigenvalue weighted by molar-refractivity contribution is 6.30. The summed E-state index contributed by atoms with van der Waals surface area (Å²) in [5, 5.41) is 9.40. The van der Waals surface area contributed by atoms with Gasteiger partial charge in [0.2, 0.25) is 0 Å². The highest BCUT2D eigenvalue weighted by Gasteiger charge is 2.08. The molecule has 3 nitrogen and oxygen atoms in total. The van der Waals surface area contributed by atoms with Crippen molar-refractivity contribution in [1.82, 2.24) is 0 Å². The van der Waals surface area contributed by atoms with E-state index >= 15 is 0 Å². The van der Waals surface area contributed by atoms with Crippen LogP contribution in [0.1, 0.15) is 15.9 Å². The first-order valence-corrected chi connectivity index (χ1v) is 5.54. The van der Waals surface area contributed by atoms with Crippen molar-refractivity contribution in [1.29, 1.82) is 5.26 Å². The smallest absolute Gasteiger partial charge is 0.153 e. The third kappa shape index (κ3) is 2.50. The van der Waals surface area contributed by atoms with Crippen LogP contribution in [0.15, 0.2) is 42.5 Å². The molecule has 0 aliphatic carbocycles. The molecule has 0 unspecified atom stereocenters. The molecular formula is C14H8ClNO2. The lowest BCUT2D eigenvalue weighted by Crippen LogP contribution is -1.92. The first-order chi connectivity index (χ1) is 8.74. The number of hydrogen-bond donors (Lipinski definition) is 0. The summed E-state index contributed by atoms with van der Waals surface area (Å²) >= 11 is 5.79. The van der Waals surface area contributed by atoms with Crippen molar-refractivity contribution in [2.75, 3.05) is 0 Å². The maximum Gasteiger partial charge on any atom is 0.153 e. The lowest BCUT2D eigenvalue weighted by molar-refractivity contribution is 0.112. The molecule has 0 radical (unpaired) electrons. The van der Waals surface area contributed by atoms with Gasteiger partial charge in [-0.05, 0) is 30.3 Å². The Morgan fingerprint density at radius 2 is 1.94 bits per heavy atom. The molecule has 0 atom stereocenters. The van der Waals surface area contributed by atoms with E-state index in [1.54, 1.807) is 36.4 Å². The maximum absolute atomic E-state index is 10.9. The molecule has 0 amide bonds. The molecule has 0 aliphatic rings. The average molecular weight is 258 g/mol. The first-order valence-electron chi connectivity index (χ1n) is 5.16. The first kappa shape index (κ1) is 12.2. The molecule has 0 bridgehead atoms. The van der Waals surface area contributed by atoms with Gasteiger partial charge in [-0.15, -0.1) is 0 Å². The van der Waals surface area contributed by atoms with Crippen molar-refractivity contribution in [3.8, 4) is 17.6 Å². The monoisotopic (exact) mass is 257 g/mol. The second-order valence-electron chi connectivity index (χ2n) is 3.51. The van der Waals surface area contributed by atoms with Crippen LogP contribution < -0.4 is 4.74 Å². The van der Waals surface area contributed by atoms with Gasteiger partial charge in [0.1, 0.15) is 17.6 Å². The van der Waals surface area contributed by atoms with Crippen LogP contribution in [0, 0.1) is 11.3 Å². The van der Waals surface area contributed by atoms with Crippen LogP contribution in [-0.2, 0) is 0 Å². The fourth-order valence-electron chi connectivity index (χ4n) is 1.47. The van der Waals surface area contributed by atoms with Crippen LogP contribution in [0.4, 0.5) is 0 Å². The van der Waals surface area contributed by atoms with E-state index < -0.39 is 0 Å². The van der Waals surface area contributed by atoms with Crippen LogP contribution in [0.3, 0.4) is 0 Å².